The zero-order valence-electron chi connectivity index (χ0n) is 16.9. The number of carbonyl (C=O) groups excluding carboxylic acids is 2. The third kappa shape index (κ3) is 4.19. The minimum Gasteiger partial charge on any atom is -0.323 e. The van der Waals surface area contributed by atoms with Gasteiger partial charge in [0.05, 0.1) is 34.4 Å². The van der Waals surface area contributed by atoms with Crippen molar-refractivity contribution >= 4 is 28.9 Å². The highest BCUT2D eigenvalue weighted by molar-refractivity contribution is 6.09. The Balaban J connectivity index is 1.66. The summed E-state index contributed by atoms with van der Waals surface area (Å²) in [6, 6.07) is 0. The molecule has 13 nitrogen and oxygen atoms in total. The van der Waals surface area contributed by atoms with Gasteiger partial charge in [-0.25, -0.2) is 0 Å². The van der Waals surface area contributed by atoms with Gasteiger partial charge in [0, 0.05) is 27.1 Å². The van der Waals surface area contributed by atoms with Gasteiger partial charge in [-0.1, -0.05) is 0 Å². The predicted molar refractivity (Wildman–Crippen MR) is 106 cm³/mol. The molecular formula is C17H21N9O4. The van der Waals surface area contributed by atoms with Crippen LogP contribution in [0, 0.1) is 24.0 Å². The van der Waals surface area contributed by atoms with Crippen molar-refractivity contribution in [1.82, 2.24) is 29.3 Å². The summed E-state index contributed by atoms with van der Waals surface area (Å²) in [5, 5.41) is 28.4. The van der Waals surface area contributed by atoms with E-state index in [-0.39, 0.29) is 41.6 Å². The van der Waals surface area contributed by atoms with Crippen LogP contribution in [0.4, 0.5) is 17.1 Å². The highest BCUT2D eigenvalue weighted by Crippen LogP contribution is 2.19. The maximum atomic E-state index is 12.7. The molecule has 30 heavy (non-hydrogen) atoms. The van der Waals surface area contributed by atoms with Gasteiger partial charge >= 0.3 is 5.69 Å². The van der Waals surface area contributed by atoms with Crippen LogP contribution in [0.5, 0.6) is 0 Å². The lowest BCUT2D eigenvalue weighted by Gasteiger charge is -2.09. The maximum absolute atomic E-state index is 12.7. The van der Waals surface area contributed by atoms with Crippen LogP contribution in [0.1, 0.15) is 28.3 Å². The second-order valence-corrected chi connectivity index (χ2v) is 6.67. The number of carbonyl (C=O) groups is 2. The summed E-state index contributed by atoms with van der Waals surface area (Å²) in [5.74, 6) is -0.829. The molecule has 0 aromatic carbocycles. The monoisotopic (exact) mass is 415 g/mol. The third-order valence-electron chi connectivity index (χ3n) is 4.60. The summed E-state index contributed by atoms with van der Waals surface area (Å²) >= 11 is 0. The molecule has 0 unspecified atom stereocenters. The number of aromatic nitrogens is 6. The Morgan fingerprint density at radius 3 is 2.37 bits per heavy atom. The Morgan fingerprint density at radius 1 is 1.10 bits per heavy atom. The standard InChI is InChI=1S/C17H21N9O4/c1-10-14(26(29)30)9-25(22-10)6-5-15(27)20-13-8-19-24(4)16(13)17(28)21-12-7-18-23(3)11(12)2/h7-9H,5-6H2,1-4H3,(H,20,27)(H,21,28). The average molecular weight is 415 g/mol. The van der Waals surface area contributed by atoms with E-state index in [2.05, 4.69) is 25.9 Å². The molecule has 0 aliphatic heterocycles. The summed E-state index contributed by atoms with van der Waals surface area (Å²) in [5.41, 5.74) is 1.93. The van der Waals surface area contributed by atoms with E-state index in [4.69, 9.17) is 0 Å². The van der Waals surface area contributed by atoms with Crippen molar-refractivity contribution in [3.63, 3.8) is 0 Å². The fraction of sp³-hybridized carbons (Fsp3) is 0.353. The third-order valence-corrected chi connectivity index (χ3v) is 4.60. The van der Waals surface area contributed by atoms with E-state index >= 15 is 0 Å². The first kappa shape index (κ1) is 20.7. The van der Waals surface area contributed by atoms with Gasteiger partial charge in [0.15, 0.2) is 0 Å². The van der Waals surface area contributed by atoms with E-state index in [1.807, 2.05) is 6.92 Å². The number of amides is 2. The number of nitrogens with one attached hydrogen (secondary N) is 2. The van der Waals surface area contributed by atoms with Gasteiger partial charge in [-0.15, -0.1) is 0 Å². The molecule has 3 rings (SSSR count). The Labute approximate surface area is 170 Å². The van der Waals surface area contributed by atoms with Gasteiger partial charge in [-0.2, -0.15) is 15.3 Å². The van der Waals surface area contributed by atoms with E-state index in [0.29, 0.717) is 5.69 Å². The van der Waals surface area contributed by atoms with Crippen LogP contribution in [0.25, 0.3) is 0 Å². The van der Waals surface area contributed by atoms with E-state index < -0.39 is 10.8 Å². The van der Waals surface area contributed by atoms with Crippen molar-refractivity contribution in [3.8, 4) is 0 Å². The molecule has 3 aromatic rings. The first-order chi connectivity index (χ1) is 14.2. The molecule has 3 heterocycles. The van der Waals surface area contributed by atoms with Crippen LogP contribution >= 0.6 is 0 Å². The number of hydrogen-bond donors (Lipinski definition) is 2. The van der Waals surface area contributed by atoms with E-state index in [9.17, 15) is 19.7 Å². The van der Waals surface area contributed by atoms with Gasteiger partial charge in [0.25, 0.3) is 5.91 Å². The molecule has 3 aromatic heterocycles. The maximum Gasteiger partial charge on any atom is 0.309 e. The normalized spacial score (nSPS) is 10.8. The molecule has 0 spiro atoms. The molecule has 0 atom stereocenters. The van der Waals surface area contributed by atoms with Gasteiger partial charge in [-0.3, -0.25) is 33.7 Å². The van der Waals surface area contributed by atoms with Gasteiger partial charge in [-0.05, 0) is 13.8 Å². The minimum atomic E-state index is -0.524. The first-order valence-electron chi connectivity index (χ1n) is 8.97. The largest absolute Gasteiger partial charge is 0.323 e. The molecule has 2 N–H and O–H groups in total. The van der Waals surface area contributed by atoms with Crippen molar-refractivity contribution in [2.75, 3.05) is 10.6 Å². The van der Waals surface area contributed by atoms with Crippen LogP contribution in [0.3, 0.4) is 0 Å². The van der Waals surface area contributed by atoms with Gasteiger partial charge in [0.1, 0.15) is 17.6 Å². The molecule has 13 heteroatoms. The van der Waals surface area contributed by atoms with Gasteiger partial charge < -0.3 is 10.6 Å². The van der Waals surface area contributed by atoms with E-state index in [0.717, 1.165) is 5.69 Å². The number of hydrogen-bond acceptors (Lipinski definition) is 7. The van der Waals surface area contributed by atoms with Crippen LogP contribution < -0.4 is 10.6 Å². The molecular weight excluding hydrogens is 394 g/mol. The topological polar surface area (TPSA) is 155 Å². The summed E-state index contributed by atoms with van der Waals surface area (Å²) in [6.07, 6.45) is 4.21. The molecule has 0 aliphatic carbocycles. The number of nitrogens with zero attached hydrogens (tertiary/aromatic N) is 7. The average Bonchev–Trinajstić information content (AvgIpc) is 3.33. The Hall–Kier alpha value is -4.03. The van der Waals surface area contributed by atoms with Crippen molar-refractivity contribution in [1.29, 1.82) is 0 Å². The molecule has 0 saturated carbocycles. The lowest BCUT2D eigenvalue weighted by molar-refractivity contribution is -0.385. The molecule has 158 valence electrons. The second-order valence-electron chi connectivity index (χ2n) is 6.67. The SMILES string of the molecule is Cc1nn(CCC(=O)Nc2cnn(C)c2C(=O)Nc2cnn(C)c2C)cc1[N+](=O)[O-]. The predicted octanol–water partition coefficient (Wildman–Crippen LogP) is 1.16. The van der Waals surface area contributed by atoms with Crippen LogP contribution in [-0.4, -0.2) is 46.1 Å². The quantitative estimate of drug-likeness (QED) is 0.433. The number of anilines is 2. The zero-order valence-corrected chi connectivity index (χ0v) is 16.9. The van der Waals surface area contributed by atoms with Crippen LogP contribution in [-0.2, 0) is 25.4 Å². The Kier molecular flexibility index (Phi) is 5.62. The lowest BCUT2D eigenvalue weighted by atomic mass is 10.3. The molecule has 0 saturated heterocycles. The summed E-state index contributed by atoms with van der Waals surface area (Å²) in [7, 11) is 3.35. The lowest BCUT2D eigenvalue weighted by Crippen LogP contribution is -2.21. The fourth-order valence-corrected chi connectivity index (χ4v) is 2.83. The smallest absolute Gasteiger partial charge is 0.309 e. The first-order valence-corrected chi connectivity index (χ1v) is 8.97. The number of aryl methyl sites for hydroxylation is 4. The molecule has 2 amide bonds. The van der Waals surface area contributed by atoms with Crippen molar-refractivity contribution in [2.45, 2.75) is 26.8 Å². The molecule has 0 bridgehead atoms. The van der Waals surface area contributed by atoms with Crippen LogP contribution in [0.15, 0.2) is 18.6 Å². The highest BCUT2D eigenvalue weighted by atomic mass is 16.6. The Bertz CT molecular complexity index is 1120. The molecule has 0 fully saturated rings. The summed E-state index contributed by atoms with van der Waals surface area (Å²) in [4.78, 5) is 35.4. The van der Waals surface area contributed by atoms with Crippen molar-refractivity contribution < 1.29 is 14.5 Å². The molecule has 0 aliphatic rings. The highest BCUT2D eigenvalue weighted by Gasteiger charge is 2.21. The van der Waals surface area contributed by atoms with Crippen molar-refractivity contribution in [3.05, 3.63) is 45.8 Å². The minimum absolute atomic E-state index is 0.00986. The van der Waals surface area contributed by atoms with Crippen molar-refractivity contribution in [2.24, 2.45) is 14.1 Å². The van der Waals surface area contributed by atoms with E-state index in [1.54, 1.807) is 18.8 Å². The Morgan fingerprint density at radius 2 is 1.77 bits per heavy atom. The van der Waals surface area contributed by atoms with Gasteiger partial charge in [0.2, 0.25) is 5.91 Å². The molecule has 0 radical (unpaired) electrons. The summed E-state index contributed by atoms with van der Waals surface area (Å²) in [6.45, 7) is 3.49. The second kappa shape index (κ2) is 8.14. The number of nitro groups is 1. The van der Waals surface area contributed by atoms with E-state index in [1.165, 1.54) is 34.9 Å². The summed E-state index contributed by atoms with van der Waals surface area (Å²) < 4.78 is 4.33. The number of rotatable bonds is 7. The fourth-order valence-electron chi connectivity index (χ4n) is 2.83. The van der Waals surface area contributed by atoms with Crippen LogP contribution in [0.2, 0.25) is 0 Å². The zero-order chi connectivity index (χ0) is 22.0.